The lowest BCUT2D eigenvalue weighted by Gasteiger charge is -2.18. The lowest BCUT2D eigenvalue weighted by Crippen LogP contribution is -2.26. The van der Waals surface area contributed by atoms with Gasteiger partial charge in [0.15, 0.2) is 9.84 Å². The molecule has 8 heteroatoms. The standard InChI is InChI=1S/C22H24F3NO3S/c1-3-14-26(15-4-2)16-13-18-5-7-19(8-6-18)17-30(27,28)21-11-9-20(10-12-21)29-22(23,24)25/h3-12H,1-2,13-17H2. The number of hydrogen-bond donors (Lipinski definition) is 0. The first-order chi connectivity index (χ1) is 14.1. The van der Waals surface area contributed by atoms with Crippen LogP contribution in [-0.2, 0) is 22.0 Å². The van der Waals surface area contributed by atoms with Gasteiger partial charge in [0.2, 0.25) is 0 Å². The highest BCUT2D eigenvalue weighted by Crippen LogP contribution is 2.25. The number of alkyl halides is 3. The maximum Gasteiger partial charge on any atom is 0.573 e. The largest absolute Gasteiger partial charge is 0.573 e. The van der Waals surface area contributed by atoms with Crippen LogP contribution in [-0.4, -0.2) is 39.3 Å². The Balaban J connectivity index is 2.00. The molecule has 0 radical (unpaired) electrons. The lowest BCUT2D eigenvalue weighted by molar-refractivity contribution is -0.274. The van der Waals surface area contributed by atoms with Crippen molar-refractivity contribution in [2.75, 3.05) is 19.6 Å². The Kier molecular flexibility index (Phi) is 8.25. The molecule has 2 rings (SSSR count). The third-order valence-electron chi connectivity index (χ3n) is 4.29. The van der Waals surface area contributed by atoms with Crippen molar-refractivity contribution in [2.45, 2.75) is 23.4 Å². The predicted octanol–water partition coefficient (Wildman–Crippen LogP) is 4.78. The summed E-state index contributed by atoms with van der Waals surface area (Å²) in [4.78, 5) is 2.12. The van der Waals surface area contributed by atoms with Crippen LogP contribution in [0.4, 0.5) is 13.2 Å². The third-order valence-corrected chi connectivity index (χ3v) is 5.99. The Hall–Kier alpha value is -2.58. The van der Waals surface area contributed by atoms with E-state index < -0.39 is 21.9 Å². The topological polar surface area (TPSA) is 46.6 Å². The second-order valence-electron chi connectivity index (χ2n) is 6.68. The van der Waals surface area contributed by atoms with E-state index in [1.54, 1.807) is 12.1 Å². The summed E-state index contributed by atoms with van der Waals surface area (Å²) in [5, 5.41) is 0. The van der Waals surface area contributed by atoms with Crippen molar-refractivity contribution in [2.24, 2.45) is 0 Å². The molecule has 0 amide bonds. The minimum absolute atomic E-state index is 0.0643. The minimum atomic E-state index is -4.82. The van der Waals surface area contributed by atoms with Crippen molar-refractivity contribution in [3.63, 3.8) is 0 Å². The zero-order chi connectivity index (χ0) is 22.2. The average molecular weight is 439 g/mol. The van der Waals surface area contributed by atoms with Gasteiger partial charge in [0, 0.05) is 19.6 Å². The lowest BCUT2D eigenvalue weighted by atomic mass is 10.1. The maximum atomic E-state index is 12.6. The van der Waals surface area contributed by atoms with Crippen LogP contribution in [0.15, 0.2) is 78.7 Å². The highest BCUT2D eigenvalue weighted by Gasteiger charge is 2.31. The molecule has 0 aliphatic rings. The molecule has 2 aromatic carbocycles. The van der Waals surface area contributed by atoms with Crippen LogP contribution >= 0.6 is 0 Å². The van der Waals surface area contributed by atoms with E-state index in [-0.39, 0.29) is 10.6 Å². The SMILES string of the molecule is C=CCN(CC=C)CCc1ccc(CS(=O)(=O)c2ccc(OC(F)(F)F)cc2)cc1. The fraction of sp³-hybridized carbons (Fsp3) is 0.273. The summed E-state index contributed by atoms with van der Waals surface area (Å²) in [6, 6.07) is 11.5. The summed E-state index contributed by atoms with van der Waals surface area (Å²) in [5.41, 5.74) is 1.67. The molecule has 0 unspecified atom stereocenters. The molecule has 0 saturated carbocycles. The van der Waals surface area contributed by atoms with Crippen LogP contribution in [0.1, 0.15) is 11.1 Å². The minimum Gasteiger partial charge on any atom is -0.406 e. The Morgan fingerprint density at radius 3 is 1.93 bits per heavy atom. The van der Waals surface area contributed by atoms with E-state index in [1.165, 1.54) is 0 Å². The molecular formula is C22H24F3NO3S. The molecule has 4 nitrogen and oxygen atoms in total. The number of ether oxygens (including phenoxy) is 1. The van der Waals surface area contributed by atoms with Gasteiger partial charge in [-0.05, 0) is 41.8 Å². The maximum absolute atomic E-state index is 12.6. The summed E-state index contributed by atoms with van der Waals surface area (Å²) in [6.45, 7) is 9.82. The number of hydrogen-bond acceptors (Lipinski definition) is 4. The third kappa shape index (κ3) is 7.68. The van der Waals surface area contributed by atoms with E-state index in [0.717, 1.165) is 55.9 Å². The van der Waals surface area contributed by atoms with Crippen LogP contribution in [0.3, 0.4) is 0 Å². The Morgan fingerprint density at radius 1 is 0.900 bits per heavy atom. The molecule has 0 fully saturated rings. The van der Waals surface area contributed by atoms with E-state index in [9.17, 15) is 21.6 Å². The Bertz CT molecular complexity index is 927. The molecule has 0 N–H and O–H groups in total. The Morgan fingerprint density at radius 2 is 1.43 bits per heavy atom. The summed E-state index contributed by atoms with van der Waals surface area (Å²) in [5.74, 6) is -0.709. The molecule has 30 heavy (non-hydrogen) atoms. The molecule has 0 aromatic heterocycles. The smallest absolute Gasteiger partial charge is 0.406 e. The quantitative estimate of drug-likeness (QED) is 0.473. The van der Waals surface area contributed by atoms with Crippen molar-refractivity contribution >= 4 is 9.84 Å². The summed E-state index contributed by atoms with van der Waals surface area (Å²) in [7, 11) is -3.69. The molecule has 0 aliphatic heterocycles. The monoisotopic (exact) mass is 439 g/mol. The summed E-state index contributed by atoms with van der Waals surface area (Å²) in [6.07, 6.45) is -0.357. The van der Waals surface area contributed by atoms with E-state index in [0.29, 0.717) is 5.56 Å². The average Bonchev–Trinajstić information content (AvgIpc) is 2.66. The predicted molar refractivity (Wildman–Crippen MR) is 111 cm³/mol. The van der Waals surface area contributed by atoms with Gasteiger partial charge in [0.25, 0.3) is 0 Å². The second-order valence-corrected chi connectivity index (χ2v) is 8.67. The molecule has 162 valence electrons. The number of halogens is 3. The van der Waals surface area contributed by atoms with Crippen LogP contribution in [0.25, 0.3) is 0 Å². The van der Waals surface area contributed by atoms with Crippen molar-refractivity contribution in [3.8, 4) is 5.75 Å². The van der Waals surface area contributed by atoms with Crippen LogP contribution in [0.5, 0.6) is 5.75 Å². The van der Waals surface area contributed by atoms with Gasteiger partial charge in [-0.15, -0.1) is 26.3 Å². The molecule has 0 aliphatic carbocycles. The first-order valence-corrected chi connectivity index (χ1v) is 10.9. The normalized spacial score (nSPS) is 12.0. The molecular weight excluding hydrogens is 415 g/mol. The van der Waals surface area contributed by atoms with E-state index in [2.05, 4.69) is 22.8 Å². The van der Waals surface area contributed by atoms with Gasteiger partial charge < -0.3 is 4.74 Å². The van der Waals surface area contributed by atoms with Crippen molar-refractivity contribution in [1.29, 1.82) is 0 Å². The fourth-order valence-corrected chi connectivity index (χ4v) is 4.21. The van der Waals surface area contributed by atoms with Gasteiger partial charge in [-0.1, -0.05) is 36.4 Å². The van der Waals surface area contributed by atoms with Crippen molar-refractivity contribution < 1.29 is 26.3 Å². The number of sulfone groups is 1. The number of nitrogens with zero attached hydrogens (tertiary/aromatic N) is 1. The molecule has 0 saturated heterocycles. The van der Waals surface area contributed by atoms with Gasteiger partial charge in [0.05, 0.1) is 10.6 Å². The van der Waals surface area contributed by atoms with Gasteiger partial charge in [-0.2, -0.15) is 0 Å². The van der Waals surface area contributed by atoms with Crippen LogP contribution < -0.4 is 4.74 Å². The van der Waals surface area contributed by atoms with E-state index >= 15 is 0 Å². The van der Waals surface area contributed by atoms with Crippen LogP contribution in [0, 0.1) is 0 Å². The van der Waals surface area contributed by atoms with Crippen molar-refractivity contribution in [1.82, 2.24) is 4.90 Å². The first kappa shape index (κ1) is 23.7. The second kappa shape index (κ2) is 10.4. The number of rotatable bonds is 11. The van der Waals surface area contributed by atoms with E-state index in [1.807, 2.05) is 24.3 Å². The van der Waals surface area contributed by atoms with Gasteiger partial charge in [-0.3, -0.25) is 4.90 Å². The van der Waals surface area contributed by atoms with Crippen LogP contribution in [0.2, 0.25) is 0 Å². The summed E-state index contributed by atoms with van der Waals surface area (Å²) >= 11 is 0. The molecule has 0 bridgehead atoms. The molecule has 0 atom stereocenters. The number of benzene rings is 2. The van der Waals surface area contributed by atoms with E-state index in [4.69, 9.17) is 0 Å². The zero-order valence-electron chi connectivity index (χ0n) is 16.4. The van der Waals surface area contributed by atoms with Gasteiger partial charge >= 0.3 is 6.36 Å². The fourth-order valence-electron chi connectivity index (χ4n) is 2.86. The molecule has 2 aromatic rings. The first-order valence-electron chi connectivity index (χ1n) is 9.23. The molecule has 0 heterocycles. The van der Waals surface area contributed by atoms with Gasteiger partial charge in [-0.25, -0.2) is 8.42 Å². The zero-order valence-corrected chi connectivity index (χ0v) is 17.3. The van der Waals surface area contributed by atoms with Gasteiger partial charge in [0.1, 0.15) is 5.75 Å². The summed E-state index contributed by atoms with van der Waals surface area (Å²) < 4.78 is 65.5. The Labute approximate surface area is 175 Å². The highest BCUT2D eigenvalue weighted by atomic mass is 32.2. The molecule has 0 spiro atoms. The highest BCUT2D eigenvalue weighted by molar-refractivity contribution is 7.90. The van der Waals surface area contributed by atoms with Crippen molar-refractivity contribution in [3.05, 3.63) is 85.0 Å².